The molecule has 0 radical (unpaired) electrons. The molecule has 1 fully saturated rings. The highest BCUT2D eigenvalue weighted by Crippen LogP contribution is 2.37. The average molecular weight is 441 g/mol. The molecule has 7 heteroatoms. The molecule has 1 amide bonds. The second-order valence-corrected chi connectivity index (χ2v) is 9.59. The number of ether oxygens (including phenoxy) is 1. The Hall–Kier alpha value is -2.51. The number of aryl methyl sites for hydroxylation is 3. The second kappa shape index (κ2) is 8.32. The Morgan fingerprint density at radius 1 is 1.20 bits per heavy atom. The maximum Gasteiger partial charge on any atom is 0.270 e. The van der Waals surface area contributed by atoms with Crippen LogP contribution in [0.5, 0.6) is 5.75 Å². The molecule has 1 saturated carbocycles. The number of hydrogen-bond acceptors (Lipinski definition) is 6. The van der Waals surface area contributed by atoms with Gasteiger partial charge in [-0.1, -0.05) is 29.5 Å². The highest BCUT2D eigenvalue weighted by Gasteiger charge is 2.37. The van der Waals surface area contributed by atoms with E-state index in [2.05, 4.69) is 4.98 Å². The van der Waals surface area contributed by atoms with Crippen molar-refractivity contribution in [3.05, 3.63) is 61.8 Å². The molecule has 1 aromatic carbocycles. The van der Waals surface area contributed by atoms with Gasteiger partial charge in [0.25, 0.3) is 5.91 Å². The van der Waals surface area contributed by atoms with E-state index in [0.717, 1.165) is 35.3 Å². The zero-order chi connectivity index (χ0) is 21.4. The van der Waals surface area contributed by atoms with E-state index in [1.165, 1.54) is 29.6 Å². The van der Waals surface area contributed by atoms with Crippen molar-refractivity contribution in [2.24, 2.45) is 0 Å². The number of nitrogens with zero attached hydrogens (tertiary/aromatic N) is 2. The van der Waals surface area contributed by atoms with Crippen LogP contribution in [0.2, 0.25) is 0 Å². The maximum absolute atomic E-state index is 13.3. The van der Waals surface area contributed by atoms with Crippen molar-refractivity contribution in [2.45, 2.75) is 53.2 Å². The van der Waals surface area contributed by atoms with Crippen molar-refractivity contribution in [1.29, 1.82) is 0 Å². The normalized spacial score (nSPS) is 13.3. The lowest BCUT2D eigenvalue weighted by molar-refractivity contribution is 0.0986. The van der Waals surface area contributed by atoms with E-state index in [4.69, 9.17) is 4.74 Å². The van der Waals surface area contributed by atoms with Gasteiger partial charge >= 0.3 is 0 Å². The molecule has 1 aliphatic rings. The summed E-state index contributed by atoms with van der Waals surface area (Å²) in [6, 6.07) is 8.15. The van der Waals surface area contributed by atoms with Gasteiger partial charge in [-0.2, -0.15) is 0 Å². The summed E-state index contributed by atoms with van der Waals surface area (Å²) in [6.07, 6.45) is 1.93. The van der Waals surface area contributed by atoms with Gasteiger partial charge in [0.15, 0.2) is 10.9 Å². The summed E-state index contributed by atoms with van der Waals surface area (Å²) in [5.41, 5.74) is 3.86. The highest BCUT2D eigenvalue weighted by molar-refractivity contribution is 7.18. The van der Waals surface area contributed by atoms with Gasteiger partial charge in [-0.05, 0) is 56.2 Å². The largest absolute Gasteiger partial charge is 0.488 e. The van der Waals surface area contributed by atoms with Crippen LogP contribution in [0, 0.1) is 20.8 Å². The number of carbonyl (C=O) groups is 2. The number of thiophene rings is 1. The van der Waals surface area contributed by atoms with Crippen LogP contribution in [0.1, 0.15) is 61.5 Å². The molecule has 0 unspecified atom stereocenters. The SMILES string of the molecule is CC(=O)c1sc(N(C(=O)c2cc(COc3c(C)cccc3C)cs2)C2CC2)nc1C. The van der Waals surface area contributed by atoms with Crippen molar-refractivity contribution in [2.75, 3.05) is 4.90 Å². The van der Waals surface area contributed by atoms with Gasteiger partial charge in [0.05, 0.1) is 15.4 Å². The Labute approximate surface area is 184 Å². The van der Waals surface area contributed by atoms with E-state index >= 15 is 0 Å². The van der Waals surface area contributed by atoms with E-state index in [1.807, 2.05) is 50.4 Å². The maximum atomic E-state index is 13.3. The third-order valence-corrected chi connectivity index (χ3v) is 7.32. The van der Waals surface area contributed by atoms with Gasteiger partial charge < -0.3 is 4.74 Å². The standard InChI is InChI=1S/C23H24N2O3S2/c1-13-6-5-7-14(2)20(13)28-11-17-10-19(29-12-17)22(27)25(18-8-9-18)23-24-15(3)21(30-23)16(4)26/h5-7,10,12,18H,8-9,11H2,1-4H3. The first-order valence-electron chi connectivity index (χ1n) is 9.93. The minimum atomic E-state index is -0.0512. The fraction of sp³-hybridized carbons (Fsp3) is 0.348. The molecule has 0 saturated heterocycles. The fourth-order valence-electron chi connectivity index (χ4n) is 3.42. The summed E-state index contributed by atoms with van der Waals surface area (Å²) >= 11 is 2.73. The van der Waals surface area contributed by atoms with Gasteiger partial charge in [0.1, 0.15) is 12.4 Å². The van der Waals surface area contributed by atoms with Crippen LogP contribution in [0.15, 0.2) is 29.6 Å². The molecule has 1 aliphatic carbocycles. The first-order valence-corrected chi connectivity index (χ1v) is 11.6. The van der Waals surface area contributed by atoms with Crippen molar-refractivity contribution in [1.82, 2.24) is 4.98 Å². The van der Waals surface area contributed by atoms with E-state index in [9.17, 15) is 9.59 Å². The summed E-state index contributed by atoms with van der Waals surface area (Å²) in [4.78, 5) is 32.7. The molecular formula is C23H24N2O3S2. The minimum absolute atomic E-state index is 0.0125. The van der Waals surface area contributed by atoms with Crippen LogP contribution < -0.4 is 9.64 Å². The number of hydrogen-bond donors (Lipinski definition) is 0. The van der Waals surface area contributed by atoms with E-state index < -0.39 is 0 Å². The number of thiazole rings is 1. The van der Waals surface area contributed by atoms with Crippen molar-refractivity contribution in [3.8, 4) is 5.75 Å². The van der Waals surface area contributed by atoms with Gasteiger partial charge in [0, 0.05) is 18.5 Å². The van der Waals surface area contributed by atoms with Gasteiger partial charge in [-0.3, -0.25) is 14.5 Å². The molecule has 2 heterocycles. The van der Waals surface area contributed by atoms with Crippen molar-refractivity contribution >= 4 is 39.5 Å². The van der Waals surface area contributed by atoms with Crippen molar-refractivity contribution in [3.63, 3.8) is 0 Å². The molecule has 156 valence electrons. The molecule has 0 atom stereocenters. The molecular weight excluding hydrogens is 416 g/mol. The molecule has 0 N–H and O–H groups in total. The average Bonchev–Trinajstić information content (AvgIpc) is 3.27. The number of Topliss-reactive ketones (excluding diaryl/α,β-unsaturated/α-hetero) is 1. The topological polar surface area (TPSA) is 59.5 Å². The molecule has 0 aliphatic heterocycles. The lowest BCUT2D eigenvalue weighted by Gasteiger charge is -2.18. The van der Waals surface area contributed by atoms with Gasteiger partial charge in [-0.15, -0.1) is 11.3 Å². The molecule has 0 bridgehead atoms. The number of aromatic nitrogens is 1. The molecule has 30 heavy (non-hydrogen) atoms. The van der Waals surface area contributed by atoms with Crippen LogP contribution in [-0.4, -0.2) is 22.7 Å². The van der Waals surface area contributed by atoms with E-state index in [-0.39, 0.29) is 17.7 Å². The Kier molecular flexibility index (Phi) is 5.75. The number of carbonyl (C=O) groups excluding carboxylic acids is 2. The highest BCUT2D eigenvalue weighted by atomic mass is 32.1. The Bertz CT molecular complexity index is 1090. The molecule has 0 spiro atoms. The number of anilines is 1. The predicted molar refractivity (Wildman–Crippen MR) is 121 cm³/mol. The zero-order valence-corrected chi connectivity index (χ0v) is 19.2. The first kappa shape index (κ1) is 20.8. The summed E-state index contributed by atoms with van der Waals surface area (Å²) in [5.74, 6) is 0.831. The van der Waals surface area contributed by atoms with Crippen LogP contribution in [-0.2, 0) is 6.61 Å². The number of amides is 1. The van der Waals surface area contributed by atoms with Crippen LogP contribution in [0.4, 0.5) is 5.13 Å². The smallest absolute Gasteiger partial charge is 0.270 e. The Morgan fingerprint density at radius 2 is 1.90 bits per heavy atom. The third kappa shape index (κ3) is 4.18. The minimum Gasteiger partial charge on any atom is -0.488 e. The van der Waals surface area contributed by atoms with E-state index in [1.54, 1.807) is 4.90 Å². The van der Waals surface area contributed by atoms with Crippen molar-refractivity contribution < 1.29 is 14.3 Å². The lowest BCUT2D eigenvalue weighted by Crippen LogP contribution is -2.32. The predicted octanol–water partition coefficient (Wildman–Crippen LogP) is 5.72. The number of para-hydroxylation sites is 1. The van der Waals surface area contributed by atoms with Crippen LogP contribution in [0.3, 0.4) is 0 Å². The third-order valence-electron chi connectivity index (χ3n) is 5.10. The van der Waals surface area contributed by atoms with Crippen LogP contribution >= 0.6 is 22.7 Å². The van der Waals surface area contributed by atoms with Crippen LogP contribution in [0.25, 0.3) is 0 Å². The summed E-state index contributed by atoms with van der Waals surface area (Å²) in [6.45, 7) is 7.84. The second-order valence-electron chi connectivity index (χ2n) is 7.70. The molecule has 4 rings (SSSR count). The first-order chi connectivity index (χ1) is 14.3. The van der Waals surface area contributed by atoms with Gasteiger partial charge in [0.2, 0.25) is 0 Å². The zero-order valence-electron chi connectivity index (χ0n) is 17.5. The molecule has 2 aromatic heterocycles. The lowest BCUT2D eigenvalue weighted by atomic mass is 10.1. The fourth-order valence-corrected chi connectivity index (χ4v) is 5.28. The summed E-state index contributed by atoms with van der Waals surface area (Å²) in [7, 11) is 0. The van der Waals surface area contributed by atoms with Gasteiger partial charge in [-0.25, -0.2) is 4.98 Å². The summed E-state index contributed by atoms with van der Waals surface area (Å²) in [5, 5.41) is 2.59. The number of ketones is 1. The molecule has 3 aromatic rings. The molecule has 5 nitrogen and oxygen atoms in total. The Morgan fingerprint density at radius 3 is 2.50 bits per heavy atom. The quantitative estimate of drug-likeness (QED) is 0.441. The monoisotopic (exact) mass is 440 g/mol. The van der Waals surface area contributed by atoms with E-state index in [0.29, 0.717) is 27.2 Å². The summed E-state index contributed by atoms with van der Waals surface area (Å²) < 4.78 is 6.03. The number of rotatable bonds is 7. The number of benzene rings is 1. The Balaban J connectivity index is 1.52.